The van der Waals surface area contributed by atoms with Crippen molar-refractivity contribution in [3.8, 4) is 23.0 Å². The van der Waals surface area contributed by atoms with Crippen molar-refractivity contribution in [2.24, 2.45) is 0 Å². The van der Waals surface area contributed by atoms with Gasteiger partial charge in [0.05, 0.1) is 11.0 Å². The molecule has 0 amide bonds. The molecule has 0 aliphatic carbocycles. The Labute approximate surface area is 142 Å². The molecule has 25 heavy (non-hydrogen) atoms. The number of hydrogen-bond donors (Lipinski definition) is 5. The third-order valence-corrected chi connectivity index (χ3v) is 4.13. The lowest BCUT2D eigenvalue weighted by Crippen LogP contribution is -2.19. The maximum Gasteiger partial charge on any atom is 0.204 e. The van der Waals surface area contributed by atoms with Crippen molar-refractivity contribution in [2.45, 2.75) is 32.3 Å². The molecule has 0 fully saturated rings. The molecule has 5 N–H and O–H groups in total. The molecule has 0 saturated carbocycles. The molecule has 1 heterocycles. The van der Waals surface area contributed by atoms with Gasteiger partial charge >= 0.3 is 0 Å². The van der Waals surface area contributed by atoms with Crippen LogP contribution in [-0.4, -0.2) is 31.1 Å². The smallest absolute Gasteiger partial charge is 0.204 e. The van der Waals surface area contributed by atoms with Crippen LogP contribution in [0.1, 0.15) is 25.8 Å². The minimum absolute atomic E-state index is 0.0165. The van der Waals surface area contributed by atoms with E-state index in [1.165, 1.54) is 12.1 Å². The van der Waals surface area contributed by atoms with Crippen molar-refractivity contribution < 1.29 is 29.9 Å². The Morgan fingerprint density at radius 2 is 1.72 bits per heavy atom. The van der Waals surface area contributed by atoms with Crippen molar-refractivity contribution in [3.63, 3.8) is 0 Å². The van der Waals surface area contributed by atoms with Crippen LogP contribution in [0.25, 0.3) is 21.9 Å². The van der Waals surface area contributed by atoms with Crippen LogP contribution in [0.4, 0.5) is 0 Å². The van der Waals surface area contributed by atoms with E-state index in [0.717, 1.165) is 6.07 Å². The fourth-order valence-electron chi connectivity index (χ4n) is 2.74. The second-order valence-electron chi connectivity index (χ2n) is 6.65. The third-order valence-electron chi connectivity index (χ3n) is 4.13. The Kier molecular flexibility index (Phi) is 3.76. The summed E-state index contributed by atoms with van der Waals surface area (Å²) in [5, 5.41) is 49.7. The van der Waals surface area contributed by atoms with Gasteiger partial charge in [-0.2, -0.15) is 0 Å². The fraction of sp³-hybridized carbons (Fsp3) is 0.278. The summed E-state index contributed by atoms with van der Waals surface area (Å²) in [6.45, 7) is 3.19. The van der Waals surface area contributed by atoms with E-state index in [1.807, 2.05) is 0 Å². The first kappa shape index (κ1) is 16.9. The van der Waals surface area contributed by atoms with Crippen molar-refractivity contribution >= 4 is 21.9 Å². The summed E-state index contributed by atoms with van der Waals surface area (Å²) < 4.78 is 5.42. The van der Waals surface area contributed by atoms with Crippen molar-refractivity contribution in [3.05, 3.63) is 34.0 Å². The summed E-state index contributed by atoms with van der Waals surface area (Å²) in [6.07, 6.45) is 0.405. The molecule has 1 aromatic heterocycles. The molecule has 0 radical (unpaired) electrons. The molecule has 0 atom stereocenters. The first-order chi connectivity index (χ1) is 11.6. The van der Waals surface area contributed by atoms with Crippen molar-refractivity contribution in [2.75, 3.05) is 0 Å². The number of benzene rings is 2. The fourth-order valence-corrected chi connectivity index (χ4v) is 2.74. The van der Waals surface area contributed by atoms with Gasteiger partial charge in [-0.3, -0.25) is 4.79 Å². The highest BCUT2D eigenvalue weighted by Gasteiger charge is 2.22. The minimum Gasteiger partial charge on any atom is -0.507 e. The first-order valence-corrected chi connectivity index (χ1v) is 7.68. The maximum atomic E-state index is 12.7. The number of fused-ring (bicyclic) bond motifs is 2. The number of phenolic OH excluding ortho intramolecular Hbond substituents is 4. The van der Waals surface area contributed by atoms with Crippen LogP contribution in [0.5, 0.6) is 23.0 Å². The van der Waals surface area contributed by atoms with Gasteiger partial charge in [0.15, 0.2) is 11.3 Å². The second-order valence-corrected chi connectivity index (χ2v) is 6.65. The normalized spacial score (nSPS) is 12.1. The van der Waals surface area contributed by atoms with Crippen LogP contribution in [-0.2, 0) is 6.42 Å². The first-order valence-electron chi connectivity index (χ1n) is 7.68. The molecule has 0 aliphatic heterocycles. The molecular weight excluding hydrogens is 328 g/mol. The van der Waals surface area contributed by atoms with Crippen molar-refractivity contribution in [1.29, 1.82) is 0 Å². The number of hydrogen-bond acceptors (Lipinski definition) is 7. The molecule has 7 nitrogen and oxygen atoms in total. The number of aromatic hydroxyl groups is 4. The van der Waals surface area contributed by atoms with E-state index in [-0.39, 0.29) is 46.1 Å². The molecule has 3 rings (SSSR count). The predicted octanol–water partition coefficient (Wildman–Crippen LogP) is 2.47. The van der Waals surface area contributed by atoms with E-state index in [1.54, 1.807) is 13.8 Å². The van der Waals surface area contributed by atoms with Crippen LogP contribution >= 0.6 is 0 Å². The molecule has 132 valence electrons. The number of rotatable bonds is 3. The second kappa shape index (κ2) is 5.56. The Morgan fingerprint density at radius 1 is 1.04 bits per heavy atom. The molecule has 0 unspecified atom stereocenters. The van der Waals surface area contributed by atoms with E-state index < -0.39 is 28.3 Å². The minimum atomic E-state index is -1.01. The molecule has 7 heteroatoms. The van der Waals surface area contributed by atoms with Gasteiger partial charge in [0.1, 0.15) is 22.5 Å². The lowest BCUT2D eigenvalue weighted by molar-refractivity contribution is 0.0711. The summed E-state index contributed by atoms with van der Waals surface area (Å²) >= 11 is 0. The van der Waals surface area contributed by atoms with Crippen LogP contribution in [0.15, 0.2) is 27.4 Å². The topological polar surface area (TPSA) is 131 Å². The lowest BCUT2D eigenvalue weighted by atomic mass is 9.96. The van der Waals surface area contributed by atoms with Gasteiger partial charge in [-0.15, -0.1) is 0 Å². The van der Waals surface area contributed by atoms with Crippen LogP contribution in [0, 0.1) is 0 Å². The summed E-state index contributed by atoms with van der Waals surface area (Å²) in [5.41, 5.74) is -1.84. The Morgan fingerprint density at radius 3 is 2.36 bits per heavy atom. The van der Waals surface area contributed by atoms with E-state index in [0.29, 0.717) is 0 Å². The Hall–Kier alpha value is -2.93. The average Bonchev–Trinajstić information content (AvgIpc) is 2.49. The summed E-state index contributed by atoms with van der Waals surface area (Å²) in [7, 11) is 0. The predicted molar refractivity (Wildman–Crippen MR) is 91.3 cm³/mol. The highest BCUT2D eigenvalue weighted by atomic mass is 16.4. The summed E-state index contributed by atoms with van der Waals surface area (Å²) in [4.78, 5) is 12.7. The van der Waals surface area contributed by atoms with Gasteiger partial charge in [0, 0.05) is 11.6 Å². The van der Waals surface area contributed by atoms with E-state index >= 15 is 0 Å². The highest BCUT2D eigenvalue weighted by molar-refractivity contribution is 5.97. The van der Waals surface area contributed by atoms with E-state index in [2.05, 4.69) is 0 Å². The van der Waals surface area contributed by atoms with Gasteiger partial charge in [-0.1, -0.05) is 0 Å². The Balaban J connectivity index is 2.32. The zero-order valence-electron chi connectivity index (χ0n) is 13.7. The monoisotopic (exact) mass is 346 g/mol. The summed E-state index contributed by atoms with van der Waals surface area (Å²) in [5.74, 6) is -1.77. The van der Waals surface area contributed by atoms with Gasteiger partial charge in [0.2, 0.25) is 11.2 Å². The molecule has 3 aromatic rings. The number of aliphatic hydroxyl groups is 1. The van der Waals surface area contributed by atoms with Crippen LogP contribution in [0.2, 0.25) is 0 Å². The van der Waals surface area contributed by atoms with Gasteiger partial charge in [-0.25, -0.2) is 0 Å². The third kappa shape index (κ3) is 2.83. The molecule has 2 aromatic carbocycles. The summed E-state index contributed by atoms with van der Waals surface area (Å²) in [6, 6.07) is 3.59. The SMILES string of the molecule is CC(C)(O)CCc1c(O)cc2oc3c(O)c(O)ccc3c(=O)c2c1O. The zero-order chi connectivity index (χ0) is 18.5. The van der Waals surface area contributed by atoms with E-state index in [9.17, 15) is 30.3 Å². The molecule has 0 bridgehead atoms. The quantitative estimate of drug-likeness (QED) is 0.363. The van der Waals surface area contributed by atoms with Crippen molar-refractivity contribution in [1.82, 2.24) is 0 Å². The molecule has 0 spiro atoms. The lowest BCUT2D eigenvalue weighted by Gasteiger charge is -2.18. The Bertz CT molecular complexity index is 1040. The molecule has 0 saturated heterocycles. The standard InChI is InChI=1S/C18H18O7/c1-18(2,24)6-5-8-11(20)7-12-13(14(8)21)15(22)9-3-4-10(19)16(23)17(9)25-12/h3-4,7,19-21,23-24H,5-6H2,1-2H3. The molecular formula is C18H18O7. The van der Waals surface area contributed by atoms with Crippen LogP contribution in [0.3, 0.4) is 0 Å². The highest BCUT2D eigenvalue weighted by Crippen LogP contribution is 2.39. The maximum absolute atomic E-state index is 12.7. The average molecular weight is 346 g/mol. The van der Waals surface area contributed by atoms with Crippen LogP contribution < -0.4 is 5.43 Å². The van der Waals surface area contributed by atoms with Gasteiger partial charge in [0.25, 0.3) is 0 Å². The molecule has 0 aliphatic rings. The van der Waals surface area contributed by atoms with Gasteiger partial charge < -0.3 is 29.9 Å². The van der Waals surface area contributed by atoms with Gasteiger partial charge in [-0.05, 0) is 38.8 Å². The zero-order valence-corrected chi connectivity index (χ0v) is 13.7. The number of phenols is 4. The largest absolute Gasteiger partial charge is 0.507 e. The van der Waals surface area contributed by atoms with E-state index in [4.69, 9.17) is 4.42 Å².